The van der Waals surface area contributed by atoms with Crippen molar-refractivity contribution in [2.24, 2.45) is 11.5 Å². The summed E-state index contributed by atoms with van der Waals surface area (Å²) in [6.45, 7) is 5.84. The van der Waals surface area contributed by atoms with Gasteiger partial charge in [0.25, 0.3) is 0 Å². The number of nitrogens with one attached hydrogen (secondary N) is 4. The molecule has 0 radical (unpaired) electrons. The van der Waals surface area contributed by atoms with Crippen molar-refractivity contribution in [1.29, 1.82) is 5.41 Å². The smallest absolute Gasteiger partial charge is 0.329 e. The number of unbranched alkanes of at least 4 members (excludes halogenated alkanes) is 1. The van der Waals surface area contributed by atoms with Gasteiger partial charge in [0.1, 0.15) is 29.5 Å². The fourth-order valence-corrected chi connectivity index (χ4v) is 5.13. The molecular weight excluding hydrogens is 586 g/mol. The molecule has 1 aromatic carbocycles. The number of hydrogen-bond acceptors (Lipinski definition) is 9. The number of furan rings is 1. The summed E-state index contributed by atoms with van der Waals surface area (Å²) in [5.41, 5.74) is 14.1. The van der Waals surface area contributed by atoms with Crippen LogP contribution in [0.4, 0.5) is 0 Å². The second-order valence-corrected chi connectivity index (χ2v) is 11.3. The first-order valence-corrected chi connectivity index (χ1v) is 14.7. The monoisotopic (exact) mass is 629 g/mol. The fraction of sp³-hybridized carbons (Fsp3) is 0.500. The maximum atomic E-state index is 13.0. The lowest BCUT2D eigenvalue weighted by Crippen LogP contribution is -2.54. The highest BCUT2D eigenvalue weighted by molar-refractivity contribution is 5.90. The number of aryl methyl sites for hydroxylation is 2. The minimum absolute atomic E-state index is 0.0631. The van der Waals surface area contributed by atoms with Gasteiger partial charge in [-0.3, -0.25) is 19.8 Å². The molecule has 15 nitrogen and oxygen atoms in total. The number of rotatable bonds is 15. The third kappa shape index (κ3) is 9.03. The van der Waals surface area contributed by atoms with E-state index in [1.807, 2.05) is 19.1 Å². The molecule has 1 aliphatic rings. The molecule has 1 aromatic heterocycles. The number of fused-ring (bicyclic) bond motifs is 1. The van der Waals surface area contributed by atoms with Crippen LogP contribution in [0, 0.1) is 19.3 Å². The number of carbonyl (C=O) groups is 4. The number of nitrogens with two attached hydrogens (primary N) is 2. The second-order valence-electron chi connectivity index (χ2n) is 11.3. The molecule has 0 fully saturated rings. The summed E-state index contributed by atoms with van der Waals surface area (Å²) in [7, 11) is 0. The summed E-state index contributed by atoms with van der Waals surface area (Å²) >= 11 is 0. The van der Waals surface area contributed by atoms with E-state index in [-0.39, 0.29) is 31.1 Å². The first kappa shape index (κ1) is 35.0. The second kappa shape index (κ2) is 15.5. The van der Waals surface area contributed by atoms with Crippen LogP contribution >= 0.6 is 0 Å². The molecule has 0 saturated carbocycles. The van der Waals surface area contributed by atoms with Crippen LogP contribution in [0.25, 0.3) is 11.0 Å². The lowest BCUT2D eigenvalue weighted by Gasteiger charge is -2.23. The Morgan fingerprint density at radius 3 is 2.42 bits per heavy atom. The van der Waals surface area contributed by atoms with Crippen molar-refractivity contribution in [2.75, 3.05) is 19.6 Å². The SMILES string of the molecule is Cc1cccc2oc(C(O)C(NC(=O)CCCCNC(=O)C(CC3=CCN(C(=N)N)C3)NC(=O)C(N)C(C)O)C(=O)O)c(C)c12. The van der Waals surface area contributed by atoms with E-state index in [2.05, 4.69) is 16.0 Å². The van der Waals surface area contributed by atoms with Crippen LogP contribution in [0.3, 0.4) is 0 Å². The van der Waals surface area contributed by atoms with E-state index in [1.54, 1.807) is 24.0 Å². The van der Waals surface area contributed by atoms with Gasteiger partial charge in [-0.05, 0) is 51.7 Å². The molecule has 2 heterocycles. The molecule has 5 atom stereocenters. The maximum Gasteiger partial charge on any atom is 0.329 e. The zero-order valence-electron chi connectivity index (χ0n) is 25.6. The van der Waals surface area contributed by atoms with Crippen molar-refractivity contribution in [3.05, 3.63) is 46.7 Å². The number of aliphatic hydroxyl groups excluding tert-OH is 2. The van der Waals surface area contributed by atoms with E-state index in [0.29, 0.717) is 37.1 Å². The van der Waals surface area contributed by atoms with Gasteiger partial charge >= 0.3 is 5.97 Å². The van der Waals surface area contributed by atoms with Crippen molar-refractivity contribution in [1.82, 2.24) is 20.9 Å². The largest absolute Gasteiger partial charge is 0.480 e. The van der Waals surface area contributed by atoms with Gasteiger partial charge in [-0.25, -0.2) is 4.79 Å². The number of benzene rings is 1. The Morgan fingerprint density at radius 2 is 1.82 bits per heavy atom. The Bertz CT molecular complexity index is 1450. The molecule has 0 aliphatic carbocycles. The average molecular weight is 630 g/mol. The molecule has 3 rings (SSSR count). The van der Waals surface area contributed by atoms with Crippen molar-refractivity contribution in [3.63, 3.8) is 0 Å². The minimum Gasteiger partial charge on any atom is -0.480 e. The molecule has 15 heteroatoms. The van der Waals surface area contributed by atoms with Gasteiger partial charge in [-0.2, -0.15) is 0 Å². The van der Waals surface area contributed by atoms with Gasteiger partial charge in [0, 0.05) is 37.0 Å². The molecule has 1 aliphatic heterocycles. The third-order valence-corrected chi connectivity index (χ3v) is 7.75. The third-order valence-electron chi connectivity index (χ3n) is 7.75. The van der Waals surface area contributed by atoms with E-state index in [9.17, 15) is 34.5 Å². The number of amides is 3. The van der Waals surface area contributed by atoms with Crippen LogP contribution in [0.2, 0.25) is 0 Å². The summed E-state index contributed by atoms with van der Waals surface area (Å²) in [4.78, 5) is 51.6. The first-order chi connectivity index (χ1) is 21.2. The summed E-state index contributed by atoms with van der Waals surface area (Å²) in [6.07, 6.45) is -0.215. The Morgan fingerprint density at radius 1 is 1.11 bits per heavy atom. The van der Waals surface area contributed by atoms with Crippen LogP contribution < -0.4 is 27.4 Å². The summed E-state index contributed by atoms with van der Waals surface area (Å²) in [5.74, 6) is -3.28. The fourth-order valence-electron chi connectivity index (χ4n) is 5.13. The highest BCUT2D eigenvalue weighted by Gasteiger charge is 2.34. The Hall–Kier alpha value is -4.47. The molecule has 45 heavy (non-hydrogen) atoms. The van der Waals surface area contributed by atoms with Gasteiger partial charge < -0.3 is 52.1 Å². The van der Waals surface area contributed by atoms with Crippen LogP contribution in [0.1, 0.15) is 55.6 Å². The summed E-state index contributed by atoms with van der Waals surface area (Å²) in [5, 5.41) is 46.3. The molecule has 3 amide bonds. The number of carboxylic acids is 1. The van der Waals surface area contributed by atoms with E-state index in [1.165, 1.54) is 6.92 Å². The van der Waals surface area contributed by atoms with E-state index >= 15 is 0 Å². The number of nitrogens with zero attached hydrogens (tertiary/aromatic N) is 1. The first-order valence-electron chi connectivity index (χ1n) is 14.7. The average Bonchev–Trinajstić information content (AvgIpc) is 3.59. The van der Waals surface area contributed by atoms with Gasteiger partial charge in [0.05, 0.1) is 6.10 Å². The van der Waals surface area contributed by atoms with Gasteiger partial charge in [-0.15, -0.1) is 0 Å². The van der Waals surface area contributed by atoms with Crippen molar-refractivity contribution in [3.8, 4) is 0 Å². The number of carboxylic acid groups (broad SMARTS) is 1. The predicted molar refractivity (Wildman–Crippen MR) is 165 cm³/mol. The van der Waals surface area contributed by atoms with Gasteiger partial charge in [0.2, 0.25) is 17.7 Å². The van der Waals surface area contributed by atoms with Crippen molar-refractivity contribution >= 4 is 40.6 Å². The molecule has 5 unspecified atom stereocenters. The standard InChI is InChI=1S/C30H43N7O8/c1-15-7-6-8-20-22(15)16(2)26(45-20)25(40)24(29(43)44)36-21(39)9-4-5-11-34-27(41)19(35-28(42)23(31)17(3)38)13-18-10-12-37(14-18)30(32)33/h6-8,10,17,19,23-25,38,40H,4-5,9,11-14,31H2,1-3H3,(H3,32,33)(H,34,41)(H,35,42)(H,36,39)(H,43,44). The Kier molecular flexibility index (Phi) is 12.1. The van der Waals surface area contributed by atoms with Crippen LogP contribution in [-0.4, -0.2) is 93.7 Å². The predicted octanol–water partition coefficient (Wildman–Crippen LogP) is -0.343. The molecule has 0 bridgehead atoms. The van der Waals surface area contributed by atoms with Crippen LogP contribution in [-0.2, 0) is 19.2 Å². The Balaban J connectivity index is 1.52. The zero-order chi connectivity index (χ0) is 33.4. The topological polar surface area (TPSA) is 257 Å². The molecule has 2 aromatic rings. The quantitative estimate of drug-likeness (QED) is 0.0533. The lowest BCUT2D eigenvalue weighted by molar-refractivity contribution is -0.145. The molecule has 0 saturated heterocycles. The van der Waals surface area contributed by atoms with Crippen LogP contribution in [0.5, 0.6) is 0 Å². The maximum absolute atomic E-state index is 13.0. The normalized spacial score (nSPS) is 16.3. The minimum atomic E-state index is -1.64. The number of hydrogen-bond donors (Lipinski definition) is 9. The van der Waals surface area contributed by atoms with Gasteiger partial charge in [0.15, 0.2) is 12.0 Å². The number of carbonyl (C=O) groups excluding carboxylic acids is 3. The lowest BCUT2D eigenvalue weighted by atomic mass is 10.0. The molecule has 0 spiro atoms. The van der Waals surface area contributed by atoms with E-state index in [4.69, 9.17) is 21.3 Å². The van der Waals surface area contributed by atoms with E-state index in [0.717, 1.165) is 16.5 Å². The number of guanidine groups is 1. The van der Waals surface area contributed by atoms with Gasteiger partial charge in [-0.1, -0.05) is 23.8 Å². The van der Waals surface area contributed by atoms with E-state index < -0.39 is 54.0 Å². The summed E-state index contributed by atoms with van der Waals surface area (Å²) in [6, 6.07) is 1.49. The summed E-state index contributed by atoms with van der Waals surface area (Å²) < 4.78 is 5.74. The highest BCUT2D eigenvalue weighted by Crippen LogP contribution is 2.33. The molecule has 11 N–H and O–H groups in total. The number of aliphatic hydroxyl groups is 2. The highest BCUT2D eigenvalue weighted by atomic mass is 16.4. The Labute approximate surface area is 260 Å². The molecule has 246 valence electrons. The van der Waals surface area contributed by atoms with Crippen molar-refractivity contribution in [2.45, 2.75) is 76.8 Å². The molecular formula is C30H43N7O8. The number of aliphatic carboxylic acids is 1. The van der Waals surface area contributed by atoms with Crippen molar-refractivity contribution < 1.29 is 38.9 Å². The van der Waals surface area contributed by atoms with Crippen LogP contribution in [0.15, 0.2) is 34.3 Å². The zero-order valence-corrected chi connectivity index (χ0v) is 25.6.